The number of hydrogen-bond acceptors (Lipinski definition) is 16. The summed E-state index contributed by atoms with van der Waals surface area (Å²) in [5.74, 6) is -0.858. The lowest BCUT2D eigenvalue weighted by Gasteiger charge is -2.18. The minimum atomic E-state index is -0.858. The molecule has 2 heterocycles. The van der Waals surface area contributed by atoms with Gasteiger partial charge in [0, 0.05) is 19.3 Å². The summed E-state index contributed by atoms with van der Waals surface area (Å²) in [6, 6.07) is 17.5. The van der Waals surface area contributed by atoms with Crippen LogP contribution < -0.4 is 19.1 Å². The lowest BCUT2D eigenvalue weighted by Crippen LogP contribution is -2.35. The molecule has 1 fully saturated rings. The Morgan fingerprint density at radius 2 is 1.71 bits per heavy atom. The number of aromatic nitrogens is 1. The number of benzene rings is 2. The number of nitrogens with zero attached hydrogens (tertiary/aromatic N) is 4. The molecule has 2 amide bonds. The van der Waals surface area contributed by atoms with E-state index in [0.717, 1.165) is 28.0 Å². The number of pyridine rings is 1. The number of imide groups is 1. The lowest BCUT2D eigenvalue weighted by molar-refractivity contribution is -0.757. The second-order valence-electron chi connectivity index (χ2n) is 12.1. The van der Waals surface area contributed by atoms with E-state index < -0.39 is 46.1 Å². The van der Waals surface area contributed by atoms with Crippen molar-refractivity contribution < 1.29 is 57.6 Å². The molecule has 1 atom stereocenters. The molecule has 2 aromatic carbocycles. The Hall–Kier alpha value is -6.17. The van der Waals surface area contributed by atoms with Crippen molar-refractivity contribution in [2.75, 3.05) is 52.2 Å². The molecule has 0 saturated carbocycles. The minimum Gasteiger partial charge on any atom is -0.493 e. The van der Waals surface area contributed by atoms with E-state index in [1.165, 1.54) is 31.4 Å². The summed E-state index contributed by atoms with van der Waals surface area (Å²) in [6.07, 6.45) is 5.57. The Balaban J connectivity index is 1.13. The zero-order valence-corrected chi connectivity index (χ0v) is 31.7. The average molecular weight is 795 g/mol. The first kappa shape index (κ1) is 42.6. The molecule has 1 aliphatic heterocycles. The fourth-order valence-electron chi connectivity index (χ4n) is 5.04. The van der Waals surface area contributed by atoms with Gasteiger partial charge in [0.05, 0.1) is 45.0 Å². The van der Waals surface area contributed by atoms with Crippen LogP contribution in [0.5, 0.6) is 17.2 Å². The quantitative estimate of drug-likeness (QED) is 0.0308. The Morgan fingerprint density at radius 3 is 2.45 bits per heavy atom. The lowest BCUT2D eigenvalue weighted by atomic mass is 10.1. The van der Waals surface area contributed by atoms with Crippen molar-refractivity contribution in [3.05, 3.63) is 94.2 Å². The van der Waals surface area contributed by atoms with E-state index >= 15 is 0 Å². The zero-order valence-electron chi connectivity index (χ0n) is 30.9. The average Bonchev–Trinajstić information content (AvgIpc) is 3.46. The fraction of sp³-hybridized carbons (Fsp3) is 0.368. The first-order valence-electron chi connectivity index (χ1n) is 17.5. The van der Waals surface area contributed by atoms with E-state index in [-0.39, 0.29) is 44.0 Å². The summed E-state index contributed by atoms with van der Waals surface area (Å²) < 4.78 is 26.7. The second kappa shape index (κ2) is 22.3. The summed E-state index contributed by atoms with van der Waals surface area (Å²) in [5, 5.41) is 8.04. The van der Waals surface area contributed by atoms with Crippen LogP contribution in [-0.4, -0.2) is 96.5 Å². The molecule has 1 saturated heterocycles. The molecule has 1 aromatic heterocycles. The predicted molar refractivity (Wildman–Crippen MR) is 202 cm³/mol. The molecule has 56 heavy (non-hydrogen) atoms. The molecule has 3 aromatic rings. The van der Waals surface area contributed by atoms with Crippen molar-refractivity contribution in [2.45, 2.75) is 43.8 Å². The summed E-state index contributed by atoms with van der Waals surface area (Å²) in [6.45, 7) is 0.617. The molecule has 1 aliphatic rings. The SMILES string of the molecule is COc1cc(/C=C/C(=O)OCCCCCO[N+](=O)[O-])ccc1OC(=O)CCC(=O)OCN1C(=O)SC(Cc2ccc(OCCN(C)c3ccccn3)cc2)C1=O. The van der Waals surface area contributed by atoms with E-state index in [1.807, 2.05) is 42.3 Å². The van der Waals surface area contributed by atoms with Crippen LogP contribution in [0.3, 0.4) is 0 Å². The number of esters is 3. The number of carbonyl (C=O) groups is 5. The van der Waals surface area contributed by atoms with E-state index in [2.05, 4.69) is 9.82 Å². The maximum Gasteiger partial charge on any atom is 0.330 e. The summed E-state index contributed by atoms with van der Waals surface area (Å²) in [4.78, 5) is 83.9. The molecule has 0 N–H and O–H groups in total. The van der Waals surface area contributed by atoms with Crippen molar-refractivity contribution in [3.63, 3.8) is 0 Å². The van der Waals surface area contributed by atoms with Gasteiger partial charge in [-0.3, -0.25) is 19.2 Å². The predicted octanol–water partition coefficient (Wildman–Crippen LogP) is 5.03. The summed E-state index contributed by atoms with van der Waals surface area (Å²) >= 11 is 0.853. The number of methoxy groups -OCH3 is 1. The van der Waals surface area contributed by atoms with Crippen LogP contribution in [0.1, 0.15) is 43.2 Å². The number of hydrogen-bond donors (Lipinski definition) is 0. The van der Waals surface area contributed by atoms with Crippen molar-refractivity contribution in [1.29, 1.82) is 0 Å². The van der Waals surface area contributed by atoms with Crippen LogP contribution in [0.25, 0.3) is 6.08 Å². The van der Waals surface area contributed by atoms with Crippen molar-refractivity contribution in [3.8, 4) is 17.2 Å². The standard InChI is InChI=1S/C38H42N4O13S/c1-40(33-8-4-5-19-39-33)20-23-51-29-13-9-28(10-14-29)25-32-37(46)41(38(47)56-32)26-53-35(44)17-18-36(45)55-30-15-11-27(24-31(30)50-2)12-16-34(43)52-21-6-3-7-22-54-42(48)49/h4-5,8-16,19,24,32H,3,6-7,17-18,20-23,25-26H2,1-2H3/b16-12+. The second-order valence-corrected chi connectivity index (χ2v) is 13.2. The molecular formula is C38H42N4O13S. The van der Waals surface area contributed by atoms with Gasteiger partial charge in [0.25, 0.3) is 10.3 Å². The maximum atomic E-state index is 13.0. The van der Waals surface area contributed by atoms with Gasteiger partial charge in [-0.15, -0.1) is 10.1 Å². The largest absolute Gasteiger partial charge is 0.493 e. The highest BCUT2D eigenvalue weighted by atomic mass is 32.2. The van der Waals surface area contributed by atoms with Gasteiger partial charge < -0.3 is 33.4 Å². The van der Waals surface area contributed by atoms with E-state index in [9.17, 15) is 34.1 Å². The van der Waals surface area contributed by atoms with Gasteiger partial charge in [-0.2, -0.15) is 0 Å². The number of carbonyl (C=O) groups excluding carboxylic acids is 5. The van der Waals surface area contributed by atoms with E-state index in [4.69, 9.17) is 23.7 Å². The molecule has 0 radical (unpaired) electrons. The highest BCUT2D eigenvalue weighted by molar-refractivity contribution is 8.15. The van der Waals surface area contributed by atoms with Gasteiger partial charge in [0.15, 0.2) is 18.2 Å². The molecule has 1 unspecified atom stereocenters. The van der Waals surface area contributed by atoms with Crippen molar-refractivity contribution in [2.24, 2.45) is 0 Å². The Morgan fingerprint density at radius 1 is 0.946 bits per heavy atom. The topological polar surface area (TPSA) is 203 Å². The highest BCUT2D eigenvalue weighted by Gasteiger charge is 2.40. The third kappa shape index (κ3) is 14.2. The van der Waals surface area contributed by atoms with Crippen LogP contribution >= 0.6 is 11.8 Å². The van der Waals surface area contributed by atoms with Crippen molar-refractivity contribution >= 4 is 52.7 Å². The van der Waals surface area contributed by atoms with Gasteiger partial charge >= 0.3 is 17.9 Å². The number of ether oxygens (including phenoxy) is 5. The van der Waals surface area contributed by atoms with Gasteiger partial charge in [-0.25, -0.2) is 14.7 Å². The molecule has 0 aliphatic carbocycles. The molecule has 0 bridgehead atoms. The Bertz CT molecular complexity index is 1840. The number of unbranched alkanes of at least 4 members (excludes halogenated alkanes) is 2. The van der Waals surface area contributed by atoms with E-state index in [0.29, 0.717) is 43.7 Å². The smallest absolute Gasteiger partial charge is 0.330 e. The first-order chi connectivity index (χ1) is 27.0. The summed E-state index contributed by atoms with van der Waals surface area (Å²) in [7, 11) is 3.29. The molecule has 0 spiro atoms. The van der Waals surface area contributed by atoms with Crippen molar-refractivity contribution in [1.82, 2.24) is 9.88 Å². The number of likely N-dealkylation sites (N-methyl/N-ethyl adjacent to an activating group) is 1. The van der Waals surface area contributed by atoms with Crippen LogP contribution in [0.4, 0.5) is 10.6 Å². The van der Waals surface area contributed by atoms with Gasteiger partial charge in [0.1, 0.15) is 18.2 Å². The third-order valence-corrected chi connectivity index (χ3v) is 9.10. The molecule has 18 heteroatoms. The molecule has 17 nitrogen and oxygen atoms in total. The normalized spacial score (nSPS) is 13.7. The minimum absolute atomic E-state index is 0.0183. The number of anilines is 1. The van der Waals surface area contributed by atoms with Crippen LogP contribution in [0, 0.1) is 10.1 Å². The first-order valence-corrected chi connectivity index (χ1v) is 18.4. The zero-order chi connectivity index (χ0) is 40.3. The number of amides is 2. The fourth-order valence-corrected chi connectivity index (χ4v) is 6.06. The van der Waals surface area contributed by atoms with Crippen LogP contribution in [-0.2, 0) is 39.9 Å². The summed E-state index contributed by atoms with van der Waals surface area (Å²) in [5.41, 5.74) is 1.37. The van der Waals surface area contributed by atoms with Gasteiger partial charge in [-0.1, -0.05) is 36.0 Å². The van der Waals surface area contributed by atoms with Gasteiger partial charge in [-0.05, 0) is 79.3 Å². The molecule has 4 rings (SSSR count). The Kier molecular flexibility index (Phi) is 16.9. The molecular weight excluding hydrogens is 752 g/mol. The number of rotatable bonds is 23. The van der Waals surface area contributed by atoms with Crippen LogP contribution in [0.2, 0.25) is 0 Å². The highest BCUT2D eigenvalue weighted by Crippen LogP contribution is 2.31. The molecule has 298 valence electrons. The van der Waals surface area contributed by atoms with Crippen LogP contribution in [0.15, 0.2) is 72.9 Å². The monoisotopic (exact) mass is 794 g/mol. The van der Waals surface area contributed by atoms with E-state index in [1.54, 1.807) is 24.4 Å². The number of thioether (sulfide) groups is 1. The van der Waals surface area contributed by atoms with Gasteiger partial charge in [0.2, 0.25) is 5.91 Å². The third-order valence-electron chi connectivity index (χ3n) is 8.03. The maximum absolute atomic E-state index is 13.0. The Labute approximate surface area is 326 Å².